The Bertz CT molecular complexity index is 790. The number of hydrogen-bond acceptors (Lipinski definition) is 5. The number of benzene rings is 2. The van der Waals surface area contributed by atoms with Gasteiger partial charge in [-0.2, -0.15) is 4.98 Å². The Kier molecular flexibility index (Phi) is 4.38. The van der Waals surface area contributed by atoms with Crippen molar-refractivity contribution in [3.05, 3.63) is 66.2 Å². The number of hydrogen-bond donors (Lipinski definition) is 2. The van der Waals surface area contributed by atoms with E-state index in [0.717, 1.165) is 17.0 Å². The maximum atomic E-state index is 5.84. The van der Waals surface area contributed by atoms with Crippen molar-refractivity contribution < 1.29 is 4.74 Å². The first kappa shape index (κ1) is 14.8. The van der Waals surface area contributed by atoms with Gasteiger partial charge in [0.15, 0.2) is 0 Å². The zero-order valence-electron chi connectivity index (χ0n) is 12.9. The Morgan fingerprint density at radius 2 is 1.83 bits per heavy atom. The Hall–Kier alpha value is -3.08. The third-order valence-electron chi connectivity index (χ3n) is 3.43. The van der Waals surface area contributed by atoms with Crippen LogP contribution in [0, 0.1) is 0 Å². The molecule has 0 aliphatic carbocycles. The summed E-state index contributed by atoms with van der Waals surface area (Å²) in [7, 11) is 1.64. The van der Waals surface area contributed by atoms with Crippen LogP contribution in [0.2, 0.25) is 0 Å². The van der Waals surface area contributed by atoms with E-state index in [1.807, 2.05) is 48.5 Å². The number of nitrogens with two attached hydrogens (primary N) is 1. The summed E-state index contributed by atoms with van der Waals surface area (Å²) in [6.45, 7) is 0.675. The van der Waals surface area contributed by atoms with Crippen LogP contribution < -0.4 is 15.8 Å². The maximum Gasteiger partial charge on any atom is 0.222 e. The molecule has 3 rings (SSSR count). The van der Waals surface area contributed by atoms with Gasteiger partial charge in [0.25, 0.3) is 0 Å². The molecule has 5 nitrogen and oxygen atoms in total. The largest absolute Gasteiger partial charge is 0.497 e. The molecule has 0 aliphatic heterocycles. The normalized spacial score (nSPS) is 10.3. The number of rotatable bonds is 5. The average Bonchev–Trinajstić information content (AvgIpc) is 2.60. The fourth-order valence-corrected chi connectivity index (χ4v) is 2.28. The topological polar surface area (TPSA) is 73.1 Å². The van der Waals surface area contributed by atoms with Crippen LogP contribution in [0.4, 0.5) is 11.8 Å². The second kappa shape index (κ2) is 6.79. The fourth-order valence-electron chi connectivity index (χ4n) is 2.28. The molecule has 0 amide bonds. The molecule has 23 heavy (non-hydrogen) atoms. The Labute approximate surface area is 135 Å². The summed E-state index contributed by atoms with van der Waals surface area (Å²) >= 11 is 0. The Morgan fingerprint density at radius 1 is 1.00 bits per heavy atom. The first-order chi connectivity index (χ1) is 11.2. The molecule has 0 spiro atoms. The van der Waals surface area contributed by atoms with E-state index >= 15 is 0 Å². The number of anilines is 2. The van der Waals surface area contributed by atoms with Gasteiger partial charge >= 0.3 is 0 Å². The Balaban J connectivity index is 1.84. The summed E-state index contributed by atoms with van der Waals surface area (Å²) in [4.78, 5) is 8.55. The highest BCUT2D eigenvalue weighted by molar-refractivity contribution is 5.65. The van der Waals surface area contributed by atoms with Crippen LogP contribution >= 0.6 is 0 Å². The van der Waals surface area contributed by atoms with Crippen molar-refractivity contribution in [3.8, 4) is 17.0 Å². The van der Waals surface area contributed by atoms with Gasteiger partial charge in [-0.1, -0.05) is 42.5 Å². The summed E-state index contributed by atoms with van der Waals surface area (Å²) in [5, 5.41) is 3.28. The van der Waals surface area contributed by atoms with Crippen molar-refractivity contribution in [2.45, 2.75) is 6.54 Å². The smallest absolute Gasteiger partial charge is 0.222 e. The SMILES string of the molecule is COc1cccc(-c2cc(NCc3ccccc3)nc(N)n2)c1. The van der Waals surface area contributed by atoms with E-state index in [1.54, 1.807) is 7.11 Å². The predicted octanol–water partition coefficient (Wildman–Crippen LogP) is 3.35. The molecule has 0 fully saturated rings. The minimum Gasteiger partial charge on any atom is -0.497 e. The minimum atomic E-state index is 0.237. The molecule has 0 bridgehead atoms. The van der Waals surface area contributed by atoms with Crippen molar-refractivity contribution in [2.75, 3.05) is 18.2 Å². The molecule has 3 aromatic rings. The second-order valence-corrected chi connectivity index (χ2v) is 5.07. The lowest BCUT2D eigenvalue weighted by atomic mass is 10.1. The highest BCUT2D eigenvalue weighted by atomic mass is 16.5. The average molecular weight is 306 g/mol. The van der Waals surface area contributed by atoms with Crippen LogP contribution in [-0.2, 0) is 6.54 Å². The van der Waals surface area contributed by atoms with Gasteiger partial charge in [-0.25, -0.2) is 4.98 Å². The van der Waals surface area contributed by atoms with E-state index in [-0.39, 0.29) is 5.95 Å². The molecule has 0 aliphatic rings. The molecule has 3 N–H and O–H groups in total. The van der Waals surface area contributed by atoms with Gasteiger partial charge < -0.3 is 15.8 Å². The van der Waals surface area contributed by atoms with Crippen molar-refractivity contribution >= 4 is 11.8 Å². The second-order valence-electron chi connectivity index (χ2n) is 5.07. The van der Waals surface area contributed by atoms with Crippen molar-refractivity contribution in [2.24, 2.45) is 0 Å². The highest BCUT2D eigenvalue weighted by Crippen LogP contribution is 2.24. The lowest BCUT2D eigenvalue weighted by Gasteiger charge is -2.09. The van der Waals surface area contributed by atoms with Crippen LogP contribution in [-0.4, -0.2) is 17.1 Å². The van der Waals surface area contributed by atoms with E-state index in [9.17, 15) is 0 Å². The molecule has 0 saturated carbocycles. The molecule has 1 aromatic heterocycles. The maximum absolute atomic E-state index is 5.84. The first-order valence-electron chi connectivity index (χ1n) is 7.31. The molecule has 0 saturated heterocycles. The molecule has 116 valence electrons. The minimum absolute atomic E-state index is 0.237. The van der Waals surface area contributed by atoms with Crippen molar-refractivity contribution in [1.82, 2.24) is 9.97 Å². The molecule has 0 radical (unpaired) electrons. The number of methoxy groups -OCH3 is 1. The standard InChI is InChI=1S/C18H18N4O/c1-23-15-9-5-8-14(10-15)16-11-17(22-18(19)21-16)20-12-13-6-3-2-4-7-13/h2-11H,12H2,1H3,(H3,19,20,21,22). The molecular formula is C18H18N4O. The zero-order chi connectivity index (χ0) is 16.1. The van der Waals surface area contributed by atoms with Crippen LogP contribution in [0.25, 0.3) is 11.3 Å². The number of aromatic nitrogens is 2. The summed E-state index contributed by atoms with van der Waals surface area (Å²) < 4.78 is 5.25. The van der Waals surface area contributed by atoms with Gasteiger partial charge in [0.05, 0.1) is 12.8 Å². The molecule has 0 unspecified atom stereocenters. The molecular weight excluding hydrogens is 288 g/mol. The third kappa shape index (κ3) is 3.77. The summed E-state index contributed by atoms with van der Waals surface area (Å²) in [6.07, 6.45) is 0. The summed E-state index contributed by atoms with van der Waals surface area (Å²) in [6, 6.07) is 19.7. The van der Waals surface area contributed by atoms with Crippen LogP contribution in [0.3, 0.4) is 0 Å². The fraction of sp³-hybridized carbons (Fsp3) is 0.111. The van der Waals surface area contributed by atoms with Crippen molar-refractivity contribution in [1.29, 1.82) is 0 Å². The highest BCUT2D eigenvalue weighted by Gasteiger charge is 2.06. The van der Waals surface area contributed by atoms with Gasteiger partial charge in [0.2, 0.25) is 5.95 Å². The zero-order valence-corrected chi connectivity index (χ0v) is 12.9. The lowest BCUT2D eigenvalue weighted by Crippen LogP contribution is -2.05. The summed E-state index contributed by atoms with van der Waals surface area (Å²) in [5.41, 5.74) is 8.70. The van der Waals surface area contributed by atoms with Gasteiger partial charge in [-0.3, -0.25) is 0 Å². The van der Waals surface area contributed by atoms with E-state index in [4.69, 9.17) is 10.5 Å². The number of nitrogens with zero attached hydrogens (tertiary/aromatic N) is 2. The van der Waals surface area contributed by atoms with E-state index in [2.05, 4.69) is 27.4 Å². The number of ether oxygens (including phenoxy) is 1. The molecule has 1 heterocycles. The molecule has 0 atom stereocenters. The lowest BCUT2D eigenvalue weighted by molar-refractivity contribution is 0.415. The monoisotopic (exact) mass is 306 g/mol. The molecule has 5 heteroatoms. The van der Waals surface area contributed by atoms with E-state index in [0.29, 0.717) is 12.4 Å². The van der Waals surface area contributed by atoms with E-state index in [1.165, 1.54) is 5.56 Å². The number of nitrogen functional groups attached to an aromatic ring is 1. The quantitative estimate of drug-likeness (QED) is 0.756. The predicted molar refractivity (Wildman–Crippen MR) is 92.2 cm³/mol. The summed E-state index contributed by atoms with van der Waals surface area (Å²) in [5.74, 6) is 1.71. The van der Waals surface area contributed by atoms with E-state index < -0.39 is 0 Å². The number of nitrogens with one attached hydrogen (secondary N) is 1. The van der Waals surface area contributed by atoms with Gasteiger partial charge in [-0.15, -0.1) is 0 Å². The third-order valence-corrected chi connectivity index (χ3v) is 3.43. The van der Waals surface area contributed by atoms with Crippen LogP contribution in [0.5, 0.6) is 5.75 Å². The first-order valence-corrected chi connectivity index (χ1v) is 7.31. The van der Waals surface area contributed by atoms with Crippen LogP contribution in [0.1, 0.15) is 5.56 Å². The Morgan fingerprint density at radius 3 is 2.61 bits per heavy atom. The van der Waals surface area contributed by atoms with Crippen molar-refractivity contribution in [3.63, 3.8) is 0 Å². The molecule has 2 aromatic carbocycles. The van der Waals surface area contributed by atoms with Gasteiger partial charge in [0.1, 0.15) is 11.6 Å². The van der Waals surface area contributed by atoms with Gasteiger partial charge in [0, 0.05) is 18.2 Å². The van der Waals surface area contributed by atoms with Gasteiger partial charge in [-0.05, 0) is 17.7 Å². The van der Waals surface area contributed by atoms with Crippen LogP contribution in [0.15, 0.2) is 60.7 Å².